The Morgan fingerprint density at radius 1 is 1.20 bits per heavy atom. The van der Waals surface area contributed by atoms with Crippen LogP contribution in [0.2, 0.25) is 0 Å². The van der Waals surface area contributed by atoms with Gasteiger partial charge in [0.25, 0.3) is 0 Å². The highest BCUT2D eigenvalue weighted by atomic mass is 16.5. The maximum absolute atomic E-state index is 12.2. The summed E-state index contributed by atoms with van der Waals surface area (Å²) in [6, 6.07) is 0.660. The molecule has 3 rings (SSSR count). The molecule has 0 radical (unpaired) electrons. The average Bonchev–Trinajstić information content (AvgIpc) is 2.53. The molecule has 3 heterocycles. The average molecular weight is 281 g/mol. The van der Waals surface area contributed by atoms with Crippen molar-refractivity contribution in [2.75, 3.05) is 52.5 Å². The summed E-state index contributed by atoms with van der Waals surface area (Å²) in [4.78, 5) is 16.8. The molecule has 0 aliphatic carbocycles. The van der Waals surface area contributed by atoms with Crippen LogP contribution in [0.3, 0.4) is 0 Å². The van der Waals surface area contributed by atoms with E-state index in [1.54, 1.807) is 0 Å². The number of hydrogen-bond acceptors (Lipinski definition) is 4. The van der Waals surface area contributed by atoms with Crippen molar-refractivity contribution in [2.45, 2.75) is 31.7 Å². The number of ether oxygens (including phenoxy) is 1. The summed E-state index contributed by atoms with van der Waals surface area (Å²) in [6.45, 7) is 7.54. The van der Waals surface area contributed by atoms with E-state index in [0.29, 0.717) is 24.3 Å². The lowest BCUT2D eigenvalue weighted by molar-refractivity contribution is -0.132. The number of nitrogens with zero attached hydrogens (tertiary/aromatic N) is 2. The second-order valence-electron chi connectivity index (χ2n) is 6.25. The van der Waals surface area contributed by atoms with Crippen LogP contribution in [0.5, 0.6) is 0 Å². The van der Waals surface area contributed by atoms with Crippen LogP contribution < -0.4 is 5.32 Å². The number of hydrogen-bond donors (Lipinski definition) is 1. The van der Waals surface area contributed by atoms with E-state index in [2.05, 4.69) is 10.2 Å². The van der Waals surface area contributed by atoms with Crippen molar-refractivity contribution in [3.05, 3.63) is 0 Å². The largest absolute Gasteiger partial charge is 0.381 e. The lowest BCUT2D eigenvalue weighted by Crippen LogP contribution is -2.51. The Kier molecular flexibility index (Phi) is 4.91. The summed E-state index contributed by atoms with van der Waals surface area (Å²) in [7, 11) is 0. The molecule has 3 saturated heterocycles. The summed E-state index contributed by atoms with van der Waals surface area (Å²) >= 11 is 0. The van der Waals surface area contributed by atoms with E-state index >= 15 is 0 Å². The molecule has 0 aromatic heterocycles. The molecule has 0 aromatic carbocycles. The lowest BCUT2D eigenvalue weighted by Gasteiger charge is -2.44. The Morgan fingerprint density at radius 2 is 2.05 bits per heavy atom. The summed E-state index contributed by atoms with van der Waals surface area (Å²) in [5, 5.41) is 3.29. The molecule has 0 aromatic rings. The van der Waals surface area contributed by atoms with Crippen LogP contribution in [-0.2, 0) is 9.53 Å². The molecule has 5 nitrogen and oxygen atoms in total. The maximum atomic E-state index is 12.2. The molecule has 0 bridgehead atoms. The van der Waals surface area contributed by atoms with E-state index in [-0.39, 0.29) is 0 Å². The summed E-state index contributed by atoms with van der Waals surface area (Å²) in [6.07, 6.45) is 4.38. The number of likely N-dealkylation sites (tertiary alicyclic amines) is 1. The maximum Gasteiger partial charge on any atom is 0.223 e. The monoisotopic (exact) mass is 281 g/mol. The fraction of sp³-hybridized carbons (Fsp3) is 0.933. The number of carbonyl (C=O) groups excluding carboxylic acids is 1. The fourth-order valence-electron chi connectivity index (χ4n) is 3.85. The van der Waals surface area contributed by atoms with Crippen molar-refractivity contribution in [1.82, 2.24) is 15.1 Å². The second-order valence-corrected chi connectivity index (χ2v) is 6.25. The Labute approximate surface area is 121 Å². The van der Waals surface area contributed by atoms with Gasteiger partial charge < -0.3 is 15.0 Å². The molecule has 1 amide bonds. The molecule has 1 N–H and O–H groups in total. The van der Waals surface area contributed by atoms with Crippen molar-refractivity contribution in [1.29, 1.82) is 0 Å². The first-order valence-electron chi connectivity index (χ1n) is 8.15. The predicted octanol–water partition coefficient (Wildman–Crippen LogP) is 0.309. The highest BCUT2D eigenvalue weighted by Gasteiger charge is 2.33. The van der Waals surface area contributed by atoms with Gasteiger partial charge in [-0.25, -0.2) is 0 Å². The van der Waals surface area contributed by atoms with Gasteiger partial charge in [-0.1, -0.05) is 0 Å². The third-order valence-corrected chi connectivity index (χ3v) is 5.01. The van der Waals surface area contributed by atoms with E-state index < -0.39 is 0 Å². The van der Waals surface area contributed by atoms with E-state index in [0.717, 1.165) is 58.9 Å². The summed E-state index contributed by atoms with van der Waals surface area (Å²) < 4.78 is 5.60. The van der Waals surface area contributed by atoms with Crippen LogP contribution in [-0.4, -0.2) is 74.2 Å². The van der Waals surface area contributed by atoms with Gasteiger partial charge >= 0.3 is 0 Å². The molecule has 2 atom stereocenters. The summed E-state index contributed by atoms with van der Waals surface area (Å²) in [5.41, 5.74) is 0. The Bertz CT molecular complexity index is 329. The second kappa shape index (κ2) is 6.87. The van der Waals surface area contributed by atoms with Gasteiger partial charge in [0, 0.05) is 51.8 Å². The minimum Gasteiger partial charge on any atom is -0.381 e. The number of piperidine rings is 1. The van der Waals surface area contributed by atoms with Gasteiger partial charge in [0.05, 0.1) is 6.61 Å². The number of fused-ring (bicyclic) bond motifs is 1. The molecule has 3 fully saturated rings. The van der Waals surface area contributed by atoms with Crippen LogP contribution >= 0.6 is 0 Å². The van der Waals surface area contributed by atoms with Gasteiger partial charge in [-0.05, 0) is 31.7 Å². The van der Waals surface area contributed by atoms with E-state index in [1.165, 1.54) is 12.8 Å². The summed E-state index contributed by atoms with van der Waals surface area (Å²) in [5.74, 6) is 1.03. The smallest absolute Gasteiger partial charge is 0.223 e. The zero-order valence-electron chi connectivity index (χ0n) is 12.4. The molecule has 2 unspecified atom stereocenters. The van der Waals surface area contributed by atoms with Gasteiger partial charge in [-0.3, -0.25) is 9.69 Å². The van der Waals surface area contributed by atoms with Crippen LogP contribution in [0.25, 0.3) is 0 Å². The Hall–Kier alpha value is -0.650. The van der Waals surface area contributed by atoms with Crippen molar-refractivity contribution in [3.8, 4) is 0 Å². The van der Waals surface area contributed by atoms with E-state index in [9.17, 15) is 4.79 Å². The van der Waals surface area contributed by atoms with Gasteiger partial charge in [0.15, 0.2) is 0 Å². The minimum absolute atomic E-state index is 0.334. The van der Waals surface area contributed by atoms with E-state index in [4.69, 9.17) is 4.74 Å². The lowest BCUT2D eigenvalue weighted by atomic mass is 9.86. The SMILES string of the molecule is O=C(CCN1CCCC2COCCC21)N1CCNCC1. The molecule has 3 aliphatic heterocycles. The van der Waals surface area contributed by atoms with Gasteiger partial charge in [0.1, 0.15) is 0 Å². The van der Waals surface area contributed by atoms with Crippen LogP contribution in [0.1, 0.15) is 25.7 Å². The van der Waals surface area contributed by atoms with Gasteiger partial charge in [0.2, 0.25) is 5.91 Å². The van der Waals surface area contributed by atoms with Crippen molar-refractivity contribution >= 4 is 5.91 Å². The van der Waals surface area contributed by atoms with Crippen molar-refractivity contribution < 1.29 is 9.53 Å². The van der Waals surface area contributed by atoms with E-state index in [1.807, 2.05) is 4.90 Å². The standard InChI is InChI=1S/C15H27N3O2/c19-15(18-9-5-16-6-10-18)3-8-17-7-1-2-13-12-20-11-4-14(13)17/h13-14,16H,1-12H2. The molecule has 114 valence electrons. The van der Waals surface area contributed by atoms with Crippen molar-refractivity contribution in [2.24, 2.45) is 5.92 Å². The number of piperazine rings is 1. The molecule has 0 saturated carbocycles. The minimum atomic E-state index is 0.334. The molecule has 20 heavy (non-hydrogen) atoms. The highest BCUT2D eigenvalue weighted by molar-refractivity contribution is 5.76. The Morgan fingerprint density at radius 3 is 2.90 bits per heavy atom. The van der Waals surface area contributed by atoms with Crippen LogP contribution in [0.4, 0.5) is 0 Å². The Balaban J connectivity index is 1.48. The van der Waals surface area contributed by atoms with Gasteiger partial charge in [-0.2, -0.15) is 0 Å². The zero-order chi connectivity index (χ0) is 13.8. The number of amides is 1. The molecule has 5 heteroatoms. The predicted molar refractivity (Wildman–Crippen MR) is 77.6 cm³/mol. The topological polar surface area (TPSA) is 44.8 Å². The first kappa shape index (κ1) is 14.3. The van der Waals surface area contributed by atoms with Gasteiger partial charge in [-0.15, -0.1) is 0 Å². The normalized spacial score (nSPS) is 31.9. The number of rotatable bonds is 3. The third kappa shape index (κ3) is 3.32. The van der Waals surface area contributed by atoms with Crippen LogP contribution in [0, 0.1) is 5.92 Å². The molecule has 3 aliphatic rings. The first-order chi connectivity index (χ1) is 9.84. The third-order valence-electron chi connectivity index (χ3n) is 5.01. The molecule has 0 spiro atoms. The molecular formula is C15H27N3O2. The highest BCUT2D eigenvalue weighted by Crippen LogP contribution is 2.29. The van der Waals surface area contributed by atoms with Crippen LogP contribution in [0.15, 0.2) is 0 Å². The zero-order valence-corrected chi connectivity index (χ0v) is 12.4. The fourth-order valence-corrected chi connectivity index (χ4v) is 3.85. The molecular weight excluding hydrogens is 254 g/mol. The number of nitrogens with one attached hydrogen (secondary N) is 1. The number of carbonyl (C=O) groups is 1. The first-order valence-corrected chi connectivity index (χ1v) is 8.15. The quantitative estimate of drug-likeness (QED) is 0.809. The van der Waals surface area contributed by atoms with Crippen molar-refractivity contribution in [3.63, 3.8) is 0 Å².